The molecule has 30 heavy (non-hydrogen) atoms. The monoisotopic (exact) mass is 402 g/mol. The van der Waals surface area contributed by atoms with Crippen LogP contribution in [0.3, 0.4) is 0 Å². The van der Waals surface area contributed by atoms with Gasteiger partial charge in [0.05, 0.1) is 17.3 Å². The quantitative estimate of drug-likeness (QED) is 0.447. The second-order valence-corrected chi connectivity index (χ2v) is 7.25. The second kappa shape index (κ2) is 7.11. The molecule has 0 bridgehead atoms. The summed E-state index contributed by atoms with van der Waals surface area (Å²) in [4.78, 5) is 28.5. The fraction of sp³-hybridized carbons (Fsp3) is 0.190. The Morgan fingerprint density at radius 1 is 1.13 bits per heavy atom. The Labute approximate surface area is 170 Å². The van der Waals surface area contributed by atoms with Crippen molar-refractivity contribution in [2.45, 2.75) is 18.9 Å². The van der Waals surface area contributed by atoms with Gasteiger partial charge in [0.25, 0.3) is 0 Å². The van der Waals surface area contributed by atoms with E-state index in [1.165, 1.54) is 4.90 Å². The highest BCUT2D eigenvalue weighted by Gasteiger charge is 2.32. The van der Waals surface area contributed by atoms with Gasteiger partial charge in [-0.3, -0.25) is 19.9 Å². The number of aromatic amines is 2. The molecular formula is C21H18N6O3. The molecule has 1 amide bonds. The number of hydrogen-bond donors (Lipinski definition) is 3. The van der Waals surface area contributed by atoms with Crippen LogP contribution in [0.25, 0.3) is 33.5 Å². The molecule has 1 atom stereocenters. The molecule has 9 heteroatoms. The zero-order valence-corrected chi connectivity index (χ0v) is 15.9. The van der Waals surface area contributed by atoms with Gasteiger partial charge in [0.2, 0.25) is 0 Å². The SMILES string of the molecule is O=Cc1cccc(-c2n[nH]c3ccc(-c4n[nH]c(C5CCCN5C(=O)O)n4)cc23)c1. The van der Waals surface area contributed by atoms with Crippen molar-refractivity contribution in [2.75, 3.05) is 6.54 Å². The highest BCUT2D eigenvalue weighted by Crippen LogP contribution is 2.32. The molecule has 0 spiro atoms. The molecule has 2 aromatic heterocycles. The van der Waals surface area contributed by atoms with E-state index in [1.807, 2.05) is 30.3 Å². The Morgan fingerprint density at radius 3 is 2.87 bits per heavy atom. The number of nitrogens with one attached hydrogen (secondary N) is 2. The molecule has 0 saturated carbocycles. The van der Waals surface area contributed by atoms with E-state index >= 15 is 0 Å². The van der Waals surface area contributed by atoms with E-state index in [0.29, 0.717) is 23.8 Å². The number of H-pyrrole nitrogens is 2. The first kappa shape index (κ1) is 18.0. The Hall–Kier alpha value is -4.01. The molecule has 1 unspecified atom stereocenters. The summed E-state index contributed by atoms with van der Waals surface area (Å²) in [6.07, 6.45) is 1.39. The van der Waals surface area contributed by atoms with E-state index in [-0.39, 0.29) is 6.04 Å². The van der Waals surface area contributed by atoms with Gasteiger partial charge in [-0.15, -0.1) is 0 Å². The predicted molar refractivity (Wildman–Crippen MR) is 109 cm³/mol. The number of carboxylic acid groups (broad SMARTS) is 1. The van der Waals surface area contributed by atoms with Crippen LogP contribution in [0.2, 0.25) is 0 Å². The van der Waals surface area contributed by atoms with Crippen LogP contribution in [0.4, 0.5) is 4.79 Å². The van der Waals surface area contributed by atoms with Crippen molar-refractivity contribution in [3.8, 4) is 22.6 Å². The lowest BCUT2D eigenvalue weighted by atomic mass is 10.0. The number of aromatic nitrogens is 5. The smallest absolute Gasteiger partial charge is 0.407 e. The minimum Gasteiger partial charge on any atom is -0.465 e. The number of carbonyl (C=O) groups is 2. The van der Waals surface area contributed by atoms with Crippen molar-refractivity contribution in [1.82, 2.24) is 30.3 Å². The minimum atomic E-state index is -0.947. The van der Waals surface area contributed by atoms with Crippen LogP contribution in [-0.2, 0) is 0 Å². The molecular weight excluding hydrogens is 384 g/mol. The first-order valence-corrected chi connectivity index (χ1v) is 9.60. The zero-order chi connectivity index (χ0) is 20.7. The number of likely N-dealkylation sites (tertiary alicyclic amines) is 1. The summed E-state index contributed by atoms with van der Waals surface area (Å²) in [5, 5.41) is 24.9. The average Bonchev–Trinajstić information content (AvgIpc) is 3.51. The Kier molecular flexibility index (Phi) is 4.27. The third-order valence-corrected chi connectivity index (χ3v) is 5.43. The summed E-state index contributed by atoms with van der Waals surface area (Å²) in [6.45, 7) is 0.500. The highest BCUT2D eigenvalue weighted by molar-refractivity contribution is 5.96. The lowest BCUT2D eigenvalue weighted by Gasteiger charge is -2.18. The van der Waals surface area contributed by atoms with Crippen LogP contribution in [0.15, 0.2) is 42.5 Å². The maximum atomic E-state index is 11.4. The van der Waals surface area contributed by atoms with Crippen molar-refractivity contribution < 1.29 is 14.7 Å². The van der Waals surface area contributed by atoms with Crippen LogP contribution in [0.1, 0.15) is 35.1 Å². The van der Waals surface area contributed by atoms with Crippen LogP contribution in [-0.4, -0.2) is 54.3 Å². The molecule has 3 N–H and O–H groups in total. The molecule has 5 rings (SSSR count). The molecule has 1 aliphatic rings. The predicted octanol–water partition coefficient (Wildman–Crippen LogP) is 3.64. The number of hydrogen-bond acceptors (Lipinski definition) is 5. The van der Waals surface area contributed by atoms with Crippen LogP contribution < -0.4 is 0 Å². The number of nitrogens with zero attached hydrogens (tertiary/aromatic N) is 4. The van der Waals surface area contributed by atoms with Crippen LogP contribution in [0, 0.1) is 0 Å². The van der Waals surface area contributed by atoms with Gasteiger partial charge >= 0.3 is 6.09 Å². The van der Waals surface area contributed by atoms with Gasteiger partial charge in [-0.25, -0.2) is 9.78 Å². The van der Waals surface area contributed by atoms with Gasteiger partial charge < -0.3 is 5.11 Å². The summed E-state index contributed by atoms with van der Waals surface area (Å²) in [5.41, 5.74) is 3.80. The van der Waals surface area contributed by atoms with Crippen LogP contribution >= 0.6 is 0 Å². The summed E-state index contributed by atoms with van der Waals surface area (Å²) in [5.74, 6) is 1.05. The van der Waals surface area contributed by atoms with E-state index in [2.05, 4.69) is 25.4 Å². The Morgan fingerprint density at radius 2 is 2.03 bits per heavy atom. The van der Waals surface area contributed by atoms with E-state index in [9.17, 15) is 14.7 Å². The molecule has 1 aliphatic heterocycles. The molecule has 9 nitrogen and oxygen atoms in total. The van der Waals surface area contributed by atoms with Crippen molar-refractivity contribution in [3.05, 3.63) is 53.9 Å². The lowest BCUT2D eigenvalue weighted by Crippen LogP contribution is -2.29. The molecule has 1 fully saturated rings. The third-order valence-electron chi connectivity index (χ3n) is 5.43. The fourth-order valence-corrected chi connectivity index (χ4v) is 3.96. The fourth-order valence-electron chi connectivity index (χ4n) is 3.96. The maximum absolute atomic E-state index is 11.4. The number of fused-ring (bicyclic) bond motifs is 1. The molecule has 0 aliphatic carbocycles. The number of rotatable bonds is 4. The minimum absolute atomic E-state index is 0.303. The van der Waals surface area contributed by atoms with Gasteiger partial charge in [0, 0.05) is 28.6 Å². The number of aldehydes is 1. The van der Waals surface area contributed by atoms with Gasteiger partial charge in [-0.1, -0.05) is 18.2 Å². The molecule has 4 aromatic rings. The highest BCUT2D eigenvalue weighted by atomic mass is 16.4. The molecule has 3 heterocycles. The van der Waals surface area contributed by atoms with Gasteiger partial charge in [-0.2, -0.15) is 10.2 Å². The van der Waals surface area contributed by atoms with E-state index < -0.39 is 6.09 Å². The second-order valence-electron chi connectivity index (χ2n) is 7.25. The standard InChI is InChI=1S/C21H18N6O3/c28-11-12-3-1-4-13(9-12)18-15-10-14(6-7-16(15)23-24-18)19-22-20(26-25-19)17-5-2-8-27(17)21(29)30/h1,3-4,6-7,9-11,17H,2,5,8H2,(H,23,24)(H,29,30)(H,22,25,26). The largest absolute Gasteiger partial charge is 0.465 e. The van der Waals surface area contributed by atoms with E-state index in [1.54, 1.807) is 12.1 Å². The Bertz CT molecular complexity index is 1260. The van der Waals surface area contributed by atoms with Crippen LogP contribution in [0.5, 0.6) is 0 Å². The molecule has 150 valence electrons. The lowest BCUT2D eigenvalue weighted by molar-refractivity contribution is 0.112. The molecule has 0 radical (unpaired) electrons. The molecule has 2 aromatic carbocycles. The topological polar surface area (TPSA) is 128 Å². The van der Waals surface area contributed by atoms with Crippen molar-refractivity contribution in [3.63, 3.8) is 0 Å². The first-order valence-electron chi connectivity index (χ1n) is 9.60. The summed E-state index contributed by atoms with van der Waals surface area (Å²) >= 11 is 0. The van der Waals surface area contributed by atoms with E-state index in [4.69, 9.17) is 0 Å². The Balaban J connectivity index is 1.52. The molecule has 1 saturated heterocycles. The summed E-state index contributed by atoms with van der Waals surface area (Å²) in [7, 11) is 0. The average molecular weight is 402 g/mol. The van der Waals surface area contributed by atoms with E-state index in [0.717, 1.165) is 46.9 Å². The van der Waals surface area contributed by atoms with Gasteiger partial charge in [-0.05, 0) is 37.1 Å². The zero-order valence-electron chi connectivity index (χ0n) is 15.9. The maximum Gasteiger partial charge on any atom is 0.407 e. The first-order chi connectivity index (χ1) is 14.6. The van der Waals surface area contributed by atoms with Crippen molar-refractivity contribution >= 4 is 23.3 Å². The van der Waals surface area contributed by atoms with Gasteiger partial charge in [0.1, 0.15) is 12.1 Å². The van der Waals surface area contributed by atoms with Crippen molar-refractivity contribution in [1.29, 1.82) is 0 Å². The summed E-state index contributed by atoms with van der Waals surface area (Å²) < 4.78 is 0. The van der Waals surface area contributed by atoms with Crippen molar-refractivity contribution in [2.24, 2.45) is 0 Å². The number of amides is 1. The number of benzene rings is 2. The normalized spacial score (nSPS) is 16.3. The number of carbonyl (C=O) groups excluding carboxylic acids is 1. The summed E-state index contributed by atoms with van der Waals surface area (Å²) in [6, 6.07) is 12.7. The van der Waals surface area contributed by atoms with Gasteiger partial charge in [0.15, 0.2) is 5.82 Å². The third kappa shape index (κ3) is 3.00.